The molecule has 94 valence electrons. The second-order valence-electron chi connectivity index (χ2n) is 3.48. The van der Waals surface area contributed by atoms with Crippen LogP contribution in [0.15, 0.2) is 18.7 Å². The molecule has 0 saturated carbocycles. The maximum atomic E-state index is 11.5. The summed E-state index contributed by atoms with van der Waals surface area (Å²) in [5.41, 5.74) is 0.301. The van der Waals surface area contributed by atoms with Gasteiger partial charge in [0.15, 0.2) is 0 Å². The van der Waals surface area contributed by atoms with Crippen molar-refractivity contribution in [3.8, 4) is 0 Å². The largest absolute Gasteiger partial charge is 0.351 e. The SMILES string of the molecule is CN(C)S(=O)(=O)CCNC(=O)c1cncnc1. The summed E-state index contributed by atoms with van der Waals surface area (Å²) in [7, 11) is -0.395. The van der Waals surface area contributed by atoms with Crippen LogP contribution in [0.5, 0.6) is 0 Å². The average molecular weight is 258 g/mol. The Kier molecular flexibility index (Phi) is 4.53. The molecule has 1 amide bonds. The molecule has 0 aliphatic heterocycles. The first-order valence-electron chi connectivity index (χ1n) is 4.87. The van der Waals surface area contributed by atoms with Gasteiger partial charge in [0.25, 0.3) is 5.91 Å². The van der Waals surface area contributed by atoms with Crippen molar-refractivity contribution in [1.29, 1.82) is 0 Å². The molecule has 1 N–H and O–H groups in total. The summed E-state index contributed by atoms with van der Waals surface area (Å²) in [5.74, 6) is -0.529. The number of aromatic nitrogens is 2. The van der Waals surface area contributed by atoms with Gasteiger partial charge < -0.3 is 5.32 Å². The molecule has 0 unspecified atom stereocenters. The third-order valence-corrected chi connectivity index (χ3v) is 3.86. The number of nitrogens with zero attached hydrogens (tertiary/aromatic N) is 3. The highest BCUT2D eigenvalue weighted by atomic mass is 32.2. The van der Waals surface area contributed by atoms with Crippen LogP contribution in [0.2, 0.25) is 0 Å². The first kappa shape index (κ1) is 13.5. The molecule has 0 atom stereocenters. The van der Waals surface area contributed by atoms with E-state index in [2.05, 4.69) is 15.3 Å². The molecule has 0 aliphatic carbocycles. The summed E-state index contributed by atoms with van der Waals surface area (Å²) in [6.45, 7) is 0.0498. The Morgan fingerprint density at radius 2 is 1.94 bits per heavy atom. The minimum Gasteiger partial charge on any atom is -0.351 e. The standard InChI is InChI=1S/C9H14N4O3S/c1-13(2)17(15,16)4-3-12-9(14)8-5-10-7-11-6-8/h5-7H,3-4H2,1-2H3,(H,12,14). The Balaban J connectivity index is 2.46. The van der Waals surface area contributed by atoms with Crippen molar-refractivity contribution >= 4 is 15.9 Å². The molecule has 1 aromatic heterocycles. The topological polar surface area (TPSA) is 92.3 Å². The fourth-order valence-electron chi connectivity index (χ4n) is 0.995. The van der Waals surface area contributed by atoms with Gasteiger partial charge in [-0.1, -0.05) is 0 Å². The molecule has 17 heavy (non-hydrogen) atoms. The predicted octanol–water partition coefficient (Wildman–Crippen LogP) is -0.902. The normalized spacial score (nSPS) is 11.5. The molecule has 1 heterocycles. The monoisotopic (exact) mass is 258 g/mol. The zero-order chi connectivity index (χ0) is 12.9. The number of sulfonamides is 1. The molecule has 0 spiro atoms. The molecule has 0 fully saturated rings. The van der Waals surface area contributed by atoms with Gasteiger partial charge >= 0.3 is 0 Å². The summed E-state index contributed by atoms with van der Waals surface area (Å²) in [5, 5.41) is 2.49. The van der Waals surface area contributed by atoms with E-state index in [0.29, 0.717) is 5.56 Å². The molecule has 0 aromatic carbocycles. The quantitative estimate of drug-likeness (QED) is 0.738. The zero-order valence-corrected chi connectivity index (χ0v) is 10.4. The van der Waals surface area contributed by atoms with Gasteiger partial charge in [0.2, 0.25) is 10.0 Å². The van der Waals surface area contributed by atoms with E-state index in [4.69, 9.17) is 0 Å². The fraction of sp³-hybridized carbons (Fsp3) is 0.444. The van der Waals surface area contributed by atoms with Gasteiger partial charge in [-0.2, -0.15) is 0 Å². The highest BCUT2D eigenvalue weighted by molar-refractivity contribution is 7.89. The Hall–Kier alpha value is -1.54. The maximum absolute atomic E-state index is 11.5. The van der Waals surface area contributed by atoms with Crippen LogP contribution >= 0.6 is 0 Å². The number of rotatable bonds is 5. The lowest BCUT2D eigenvalue weighted by Crippen LogP contribution is -2.33. The number of hydrogen-bond donors (Lipinski definition) is 1. The van der Waals surface area contributed by atoms with E-state index >= 15 is 0 Å². The van der Waals surface area contributed by atoms with Crippen LogP contribution in [0.4, 0.5) is 0 Å². The molecule has 0 bridgehead atoms. The lowest BCUT2D eigenvalue weighted by Gasteiger charge is -2.11. The summed E-state index contributed by atoms with van der Waals surface area (Å²) < 4.78 is 23.9. The molecule has 0 saturated heterocycles. The number of carbonyl (C=O) groups excluding carboxylic acids is 1. The highest BCUT2D eigenvalue weighted by Crippen LogP contribution is 1.94. The van der Waals surface area contributed by atoms with Crippen molar-refractivity contribution in [2.75, 3.05) is 26.4 Å². The van der Waals surface area contributed by atoms with Crippen LogP contribution < -0.4 is 5.32 Å². The van der Waals surface area contributed by atoms with E-state index in [1.54, 1.807) is 0 Å². The van der Waals surface area contributed by atoms with Gasteiger partial charge in [0, 0.05) is 33.0 Å². The minimum absolute atomic E-state index is 0.0498. The fourth-order valence-corrected chi connectivity index (χ4v) is 1.72. The van der Waals surface area contributed by atoms with E-state index < -0.39 is 10.0 Å². The number of amides is 1. The van der Waals surface area contributed by atoms with Crippen LogP contribution in [0.25, 0.3) is 0 Å². The minimum atomic E-state index is -3.29. The molecule has 0 aliphatic rings. The Bertz CT molecular complexity index is 472. The molecule has 1 aromatic rings. The van der Waals surface area contributed by atoms with Crippen molar-refractivity contribution in [2.24, 2.45) is 0 Å². The van der Waals surface area contributed by atoms with E-state index in [-0.39, 0.29) is 18.2 Å². The predicted molar refractivity (Wildman–Crippen MR) is 61.8 cm³/mol. The van der Waals surface area contributed by atoms with E-state index in [9.17, 15) is 13.2 Å². The van der Waals surface area contributed by atoms with Crippen molar-refractivity contribution in [2.45, 2.75) is 0 Å². The smallest absolute Gasteiger partial charge is 0.254 e. The second-order valence-corrected chi connectivity index (χ2v) is 5.78. The third-order valence-electron chi connectivity index (χ3n) is 2.02. The molecule has 8 heteroatoms. The molecule has 0 radical (unpaired) electrons. The first-order valence-corrected chi connectivity index (χ1v) is 6.48. The molecular weight excluding hydrogens is 244 g/mol. The van der Waals surface area contributed by atoms with Gasteiger partial charge in [-0.25, -0.2) is 22.7 Å². The zero-order valence-electron chi connectivity index (χ0n) is 9.62. The highest BCUT2D eigenvalue weighted by Gasteiger charge is 2.14. The lowest BCUT2D eigenvalue weighted by atomic mass is 10.3. The Morgan fingerprint density at radius 3 is 2.47 bits per heavy atom. The van der Waals surface area contributed by atoms with Crippen LogP contribution in [-0.2, 0) is 10.0 Å². The Labute approximate surface area is 99.9 Å². The summed E-state index contributed by atoms with van der Waals surface area (Å²) >= 11 is 0. The van der Waals surface area contributed by atoms with E-state index in [1.807, 2.05) is 0 Å². The van der Waals surface area contributed by atoms with Gasteiger partial charge in [0.1, 0.15) is 6.33 Å². The average Bonchev–Trinajstić information content (AvgIpc) is 2.29. The molecular formula is C9H14N4O3S. The van der Waals surface area contributed by atoms with Crippen molar-refractivity contribution in [1.82, 2.24) is 19.6 Å². The lowest BCUT2D eigenvalue weighted by molar-refractivity contribution is 0.0955. The van der Waals surface area contributed by atoms with Crippen LogP contribution in [-0.4, -0.2) is 55.0 Å². The molecule has 7 nitrogen and oxygen atoms in total. The number of carbonyl (C=O) groups is 1. The van der Waals surface area contributed by atoms with Crippen molar-refractivity contribution < 1.29 is 13.2 Å². The third kappa shape index (κ3) is 4.08. The van der Waals surface area contributed by atoms with Crippen LogP contribution in [0.3, 0.4) is 0 Å². The second kappa shape index (κ2) is 5.69. The van der Waals surface area contributed by atoms with Crippen LogP contribution in [0, 0.1) is 0 Å². The van der Waals surface area contributed by atoms with Gasteiger partial charge in [-0.05, 0) is 0 Å². The summed E-state index contributed by atoms with van der Waals surface area (Å²) in [6.07, 6.45) is 4.04. The number of hydrogen-bond acceptors (Lipinski definition) is 5. The number of nitrogens with one attached hydrogen (secondary N) is 1. The van der Waals surface area contributed by atoms with Gasteiger partial charge in [-0.15, -0.1) is 0 Å². The van der Waals surface area contributed by atoms with Gasteiger partial charge in [-0.3, -0.25) is 4.79 Å². The van der Waals surface area contributed by atoms with Crippen molar-refractivity contribution in [3.05, 3.63) is 24.3 Å². The van der Waals surface area contributed by atoms with Crippen molar-refractivity contribution in [3.63, 3.8) is 0 Å². The first-order chi connectivity index (χ1) is 7.93. The van der Waals surface area contributed by atoms with Crippen LogP contribution in [0.1, 0.15) is 10.4 Å². The molecule has 1 rings (SSSR count). The van der Waals surface area contributed by atoms with E-state index in [1.165, 1.54) is 32.8 Å². The Morgan fingerprint density at radius 1 is 1.35 bits per heavy atom. The maximum Gasteiger partial charge on any atom is 0.254 e. The van der Waals surface area contributed by atoms with E-state index in [0.717, 1.165) is 4.31 Å². The summed E-state index contributed by atoms with van der Waals surface area (Å²) in [6, 6.07) is 0. The summed E-state index contributed by atoms with van der Waals surface area (Å²) in [4.78, 5) is 18.9. The van der Waals surface area contributed by atoms with Gasteiger partial charge in [0.05, 0.1) is 11.3 Å².